The van der Waals surface area contributed by atoms with Crippen molar-refractivity contribution in [2.45, 2.75) is 45.6 Å². The number of carbonyl (C=O) groups is 1. The second-order valence-corrected chi connectivity index (χ2v) is 6.00. The Kier molecular flexibility index (Phi) is 5.27. The van der Waals surface area contributed by atoms with Crippen LogP contribution in [0.5, 0.6) is 0 Å². The molecule has 0 saturated heterocycles. The smallest absolute Gasteiger partial charge is 0.217 e. The van der Waals surface area contributed by atoms with Gasteiger partial charge >= 0.3 is 0 Å². The highest BCUT2D eigenvalue weighted by atomic mass is 16.1. The first-order valence-corrected chi connectivity index (χ1v) is 8.56. The van der Waals surface area contributed by atoms with Crippen molar-refractivity contribution in [3.63, 3.8) is 0 Å². The second-order valence-electron chi connectivity index (χ2n) is 6.00. The lowest BCUT2D eigenvalue weighted by molar-refractivity contribution is -0.118. The van der Waals surface area contributed by atoms with Crippen molar-refractivity contribution in [3.05, 3.63) is 36.8 Å². The van der Waals surface area contributed by atoms with Crippen molar-refractivity contribution in [1.29, 1.82) is 0 Å². The van der Waals surface area contributed by atoms with Crippen molar-refractivity contribution in [2.75, 3.05) is 0 Å². The molecule has 8 heteroatoms. The standard InChI is InChI=1S/C17H23N7O/c1-2-3-6-16-20-11-14(22-16)17-19-7-9-24(17)13-10-21-23(12-13)8-4-5-15(18)25/h7,9-12H,2-6,8H2,1H3,(H2,18,25)(H,20,22). The number of hydrogen-bond acceptors (Lipinski definition) is 4. The monoisotopic (exact) mass is 341 g/mol. The summed E-state index contributed by atoms with van der Waals surface area (Å²) >= 11 is 0. The first-order valence-electron chi connectivity index (χ1n) is 8.56. The molecule has 3 N–H and O–H groups in total. The van der Waals surface area contributed by atoms with E-state index in [1.165, 1.54) is 0 Å². The fraction of sp³-hybridized carbons (Fsp3) is 0.412. The lowest BCUT2D eigenvalue weighted by Crippen LogP contribution is -2.11. The molecule has 3 aromatic heterocycles. The summed E-state index contributed by atoms with van der Waals surface area (Å²) in [5.41, 5.74) is 6.97. The van der Waals surface area contributed by atoms with E-state index in [4.69, 9.17) is 5.73 Å². The number of unbranched alkanes of at least 4 members (excludes halogenated alkanes) is 1. The Morgan fingerprint density at radius 2 is 2.16 bits per heavy atom. The maximum atomic E-state index is 10.8. The Balaban J connectivity index is 1.74. The number of rotatable bonds is 9. The molecule has 0 unspecified atom stereocenters. The average molecular weight is 341 g/mol. The maximum absolute atomic E-state index is 10.8. The lowest BCUT2D eigenvalue weighted by Gasteiger charge is -2.03. The van der Waals surface area contributed by atoms with Gasteiger partial charge in [-0.3, -0.25) is 14.0 Å². The van der Waals surface area contributed by atoms with Crippen molar-refractivity contribution in [3.8, 4) is 17.2 Å². The second kappa shape index (κ2) is 7.78. The van der Waals surface area contributed by atoms with Crippen molar-refractivity contribution in [2.24, 2.45) is 5.73 Å². The lowest BCUT2D eigenvalue weighted by atomic mass is 10.2. The van der Waals surface area contributed by atoms with E-state index in [-0.39, 0.29) is 5.91 Å². The zero-order valence-electron chi connectivity index (χ0n) is 14.4. The SMILES string of the molecule is CCCCc1ncc(-c2nccn2-c2cnn(CCCC(N)=O)c2)[nH]1. The molecule has 0 aliphatic carbocycles. The third-order valence-electron chi connectivity index (χ3n) is 3.99. The normalized spacial score (nSPS) is 11.1. The summed E-state index contributed by atoms with van der Waals surface area (Å²) in [6.45, 7) is 2.82. The molecule has 0 radical (unpaired) electrons. The zero-order chi connectivity index (χ0) is 17.6. The van der Waals surface area contributed by atoms with Crippen molar-refractivity contribution in [1.82, 2.24) is 29.3 Å². The Morgan fingerprint density at radius 3 is 2.96 bits per heavy atom. The van der Waals surface area contributed by atoms with Gasteiger partial charge in [0.05, 0.1) is 18.1 Å². The fourth-order valence-corrected chi connectivity index (χ4v) is 2.67. The highest BCUT2D eigenvalue weighted by molar-refractivity contribution is 5.73. The highest BCUT2D eigenvalue weighted by Crippen LogP contribution is 2.20. The van der Waals surface area contributed by atoms with Gasteiger partial charge in [-0.2, -0.15) is 5.10 Å². The molecule has 3 aromatic rings. The third kappa shape index (κ3) is 4.14. The van der Waals surface area contributed by atoms with E-state index in [2.05, 4.69) is 27.0 Å². The van der Waals surface area contributed by atoms with E-state index in [9.17, 15) is 4.79 Å². The number of hydrogen-bond donors (Lipinski definition) is 2. The minimum Gasteiger partial charge on any atom is -0.370 e. The molecular formula is C17H23N7O. The van der Waals surface area contributed by atoms with Gasteiger partial charge in [0.15, 0.2) is 5.82 Å². The predicted octanol–water partition coefficient (Wildman–Crippen LogP) is 2.07. The number of amides is 1. The van der Waals surface area contributed by atoms with Gasteiger partial charge in [0, 0.05) is 38.0 Å². The minimum absolute atomic E-state index is 0.289. The first-order chi connectivity index (χ1) is 12.2. The Morgan fingerprint density at radius 1 is 1.28 bits per heavy atom. The molecule has 0 saturated carbocycles. The number of nitrogens with zero attached hydrogens (tertiary/aromatic N) is 5. The molecule has 0 aliphatic rings. The molecule has 25 heavy (non-hydrogen) atoms. The quantitative estimate of drug-likeness (QED) is 0.621. The van der Waals surface area contributed by atoms with E-state index < -0.39 is 0 Å². The van der Waals surface area contributed by atoms with Crippen LogP contribution in [0.15, 0.2) is 31.0 Å². The molecule has 0 aromatic carbocycles. The molecule has 0 bridgehead atoms. The first kappa shape index (κ1) is 16.9. The average Bonchev–Trinajstić information content (AvgIpc) is 3.31. The number of aromatic amines is 1. The predicted molar refractivity (Wildman–Crippen MR) is 94.0 cm³/mol. The van der Waals surface area contributed by atoms with Crippen LogP contribution in [0.1, 0.15) is 38.4 Å². The molecule has 8 nitrogen and oxygen atoms in total. The minimum atomic E-state index is -0.289. The van der Waals surface area contributed by atoms with Gasteiger partial charge < -0.3 is 10.7 Å². The van der Waals surface area contributed by atoms with Gasteiger partial charge in [0.25, 0.3) is 0 Å². The van der Waals surface area contributed by atoms with E-state index in [0.29, 0.717) is 19.4 Å². The number of aryl methyl sites for hydroxylation is 2. The summed E-state index contributed by atoms with van der Waals surface area (Å²) in [4.78, 5) is 23.0. The summed E-state index contributed by atoms with van der Waals surface area (Å²) in [5, 5.41) is 4.34. The highest BCUT2D eigenvalue weighted by Gasteiger charge is 2.12. The van der Waals surface area contributed by atoms with Crippen molar-refractivity contribution < 1.29 is 4.79 Å². The van der Waals surface area contributed by atoms with Crippen LogP contribution in [0.3, 0.4) is 0 Å². The Labute approximate surface area is 146 Å². The maximum Gasteiger partial charge on any atom is 0.217 e. The number of nitrogens with two attached hydrogens (primary N) is 1. The molecule has 1 amide bonds. The molecule has 0 atom stereocenters. The largest absolute Gasteiger partial charge is 0.370 e. The number of imidazole rings is 2. The van der Waals surface area contributed by atoms with Crippen molar-refractivity contribution >= 4 is 5.91 Å². The van der Waals surface area contributed by atoms with Gasteiger partial charge in [-0.05, 0) is 12.8 Å². The van der Waals surface area contributed by atoms with Gasteiger partial charge in [-0.1, -0.05) is 13.3 Å². The molecule has 132 valence electrons. The zero-order valence-corrected chi connectivity index (χ0v) is 14.4. The molecule has 0 spiro atoms. The van der Waals surface area contributed by atoms with Crippen LogP contribution in [0.2, 0.25) is 0 Å². The number of H-pyrrole nitrogens is 1. The van der Waals surface area contributed by atoms with Crippen LogP contribution in [0.25, 0.3) is 17.2 Å². The number of nitrogens with one attached hydrogen (secondary N) is 1. The van der Waals surface area contributed by atoms with Crippen LogP contribution in [-0.4, -0.2) is 35.2 Å². The third-order valence-corrected chi connectivity index (χ3v) is 3.99. The molecule has 3 rings (SSSR count). The topological polar surface area (TPSA) is 107 Å². The summed E-state index contributed by atoms with van der Waals surface area (Å²) < 4.78 is 3.77. The van der Waals surface area contributed by atoms with Gasteiger partial charge in [-0.25, -0.2) is 9.97 Å². The molecule has 0 fully saturated rings. The summed E-state index contributed by atoms with van der Waals surface area (Å²) in [6, 6.07) is 0. The number of carbonyl (C=O) groups excluding carboxylic acids is 1. The van der Waals surface area contributed by atoms with Crippen LogP contribution in [0, 0.1) is 0 Å². The van der Waals surface area contributed by atoms with E-state index >= 15 is 0 Å². The fourth-order valence-electron chi connectivity index (χ4n) is 2.67. The Hall–Kier alpha value is -2.90. The van der Waals surface area contributed by atoms with Crippen LogP contribution >= 0.6 is 0 Å². The van der Waals surface area contributed by atoms with Crippen LogP contribution in [-0.2, 0) is 17.8 Å². The molecular weight excluding hydrogens is 318 g/mol. The summed E-state index contributed by atoms with van der Waals surface area (Å²) in [5.74, 6) is 1.49. The van der Waals surface area contributed by atoms with E-state index in [1.807, 2.05) is 27.8 Å². The van der Waals surface area contributed by atoms with Gasteiger partial charge in [-0.15, -0.1) is 0 Å². The molecule has 0 aliphatic heterocycles. The summed E-state index contributed by atoms with van der Waals surface area (Å²) in [6.07, 6.45) is 13.4. The Bertz CT molecular complexity index is 830. The van der Waals surface area contributed by atoms with E-state index in [1.54, 1.807) is 12.4 Å². The number of primary amides is 1. The summed E-state index contributed by atoms with van der Waals surface area (Å²) in [7, 11) is 0. The van der Waals surface area contributed by atoms with Gasteiger partial charge in [0.2, 0.25) is 5.91 Å². The van der Waals surface area contributed by atoms with Crippen LogP contribution < -0.4 is 5.73 Å². The van der Waals surface area contributed by atoms with E-state index in [0.717, 1.165) is 42.3 Å². The van der Waals surface area contributed by atoms with Crippen LogP contribution in [0.4, 0.5) is 0 Å². The molecule has 3 heterocycles. The number of aromatic nitrogens is 6. The van der Waals surface area contributed by atoms with Gasteiger partial charge in [0.1, 0.15) is 11.5 Å².